The van der Waals surface area contributed by atoms with Gasteiger partial charge in [-0.1, -0.05) is 48.0 Å². The van der Waals surface area contributed by atoms with Crippen LogP contribution in [0, 0.1) is 0 Å². The van der Waals surface area contributed by atoms with Crippen molar-refractivity contribution in [1.82, 2.24) is 5.01 Å². The fourth-order valence-electron chi connectivity index (χ4n) is 2.27. The zero-order valence-electron chi connectivity index (χ0n) is 13.2. The van der Waals surface area contributed by atoms with Crippen molar-refractivity contribution in [3.8, 4) is 0 Å². The third-order valence-corrected chi connectivity index (χ3v) is 3.78. The minimum Gasteiger partial charge on any atom is -0.288 e. The lowest BCUT2D eigenvalue weighted by Crippen LogP contribution is -2.41. The van der Waals surface area contributed by atoms with E-state index >= 15 is 0 Å². The van der Waals surface area contributed by atoms with E-state index in [9.17, 15) is 9.59 Å². The Balaban J connectivity index is 1.94. The van der Waals surface area contributed by atoms with Crippen LogP contribution in [-0.2, 0) is 0 Å². The van der Waals surface area contributed by atoms with Crippen LogP contribution in [0.5, 0.6) is 0 Å². The zero-order chi connectivity index (χ0) is 17.6. The number of nitrogens with one attached hydrogen (secondary N) is 1. The van der Waals surface area contributed by atoms with E-state index in [1.807, 2.05) is 12.1 Å². The summed E-state index contributed by atoms with van der Waals surface area (Å²) < 4.78 is 0. The van der Waals surface area contributed by atoms with Crippen molar-refractivity contribution in [3.63, 3.8) is 0 Å². The lowest BCUT2D eigenvalue weighted by Gasteiger charge is -2.23. The van der Waals surface area contributed by atoms with Gasteiger partial charge in [-0.2, -0.15) is 5.01 Å². The van der Waals surface area contributed by atoms with Crippen molar-refractivity contribution in [1.29, 1.82) is 0 Å². The molecular formula is C20H15ClN2O2. The second kappa shape index (κ2) is 7.64. The van der Waals surface area contributed by atoms with Gasteiger partial charge in [0.25, 0.3) is 11.8 Å². The van der Waals surface area contributed by atoms with Gasteiger partial charge in [0.05, 0.1) is 5.69 Å². The summed E-state index contributed by atoms with van der Waals surface area (Å²) in [5.74, 6) is -0.881. The SMILES string of the molecule is O=C(c1ccccc1)N(Nc1ccc(Cl)cc1)C(=O)c1ccccc1. The molecule has 0 aliphatic rings. The van der Waals surface area contributed by atoms with E-state index in [1.54, 1.807) is 72.8 Å². The number of nitrogens with zero attached hydrogens (tertiary/aromatic N) is 1. The standard InChI is InChI=1S/C20H15ClN2O2/c21-17-11-13-18(14-12-17)22-23(19(24)15-7-3-1-4-8-15)20(25)16-9-5-2-6-10-16/h1-14,22H. The first kappa shape index (κ1) is 16.7. The quantitative estimate of drug-likeness (QED) is 0.550. The van der Waals surface area contributed by atoms with Gasteiger partial charge >= 0.3 is 0 Å². The molecule has 5 heteroatoms. The molecule has 3 aromatic rings. The average molecular weight is 351 g/mol. The Labute approximate surface area is 150 Å². The Morgan fingerprint density at radius 2 is 1.12 bits per heavy atom. The van der Waals surface area contributed by atoms with Crippen molar-refractivity contribution in [2.45, 2.75) is 0 Å². The van der Waals surface area contributed by atoms with Gasteiger partial charge in [0.2, 0.25) is 0 Å². The Morgan fingerprint density at radius 3 is 1.56 bits per heavy atom. The summed E-state index contributed by atoms with van der Waals surface area (Å²) in [6.07, 6.45) is 0. The maximum absolute atomic E-state index is 12.8. The molecule has 0 heterocycles. The smallest absolute Gasteiger partial charge is 0.279 e. The molecule has 124 valence electrons. The van der Waals surface area contributed by atoms with Crippen molar-refractivity contribution in [2.24, 2.45) is 0 Å². The Hall–Kier alpha value is -3.11. The van der Waals surface area contributed by atoms with E-state index in [1.165, 1.54) is 0 Å². The minimum absolute atomic E-state index is 0.410. The number of rotatable bonds is 4. The highest BCUT2D eigenvalue weighted by molar-refractivity contribution is 6.30. The molecule has 2 amide bonds. The molecule has 0 spiro atoms. The van der Waals surface area contributed by atoms with Crippen LogP contribution in [0.25, 0.3) is 0 Å². The molecule has 0 bridgehead atoms. The van der Waals surface area contributed by atoms with Gasteiger partial charge in [0.1, 0.15) is 0 Å². The number of imide groups is 1. The second-order valence-electron chi connectivity index (χ2n) is 5.30. The summed E-state index contributed by atoms with van der Waals surface area (Å²) in [5.41, 5.74) is 4.28. The van der Waals surface area contributed by atoms with E-state index in [4.69, 9.17) is 11.6 Å². The van der Waals surface area contributed by atoms with E-state index < -0.39 is 11.8 Å². The molecule has 0 fully saturated rings. The third kappa shape index (κ3) is 4.05. The molecule has 0 aromatic heterocycles. The van der Waals surface area contributed by atoms with E-state index in [2.05, 4.69) is 5.43 Å². The van der Waals surface area contributed by atoms with E-state index in [0.717, 1.165) is 5.01 Å². The monoisotopic (exact) mass is 350 g/mol. The lowest BCUT2D eigenvalue weighted by atomic mass is 10.1. The van der Waals surface area contributed by atoms with Gasteiger partial charge in [0.15, 0.2) is 0 Å². The number of amides is 2. The average Bonchev–Trinajstić information content (AvgIpc) is 2.68. The molecule has 0 saturated heterocycles. The third-order valence-electron chi connectivity index (χ3n) is 3.53. The first-order valence-electron chi connectivity index (χ1n) is 7.66. The van der Waals surface area contributed by atoms with Gasteiger partial charge in [-0.3, -0.25) is 15.0 Å². The maximum atomic E-state index is 12.8. The molecule has 3 aromatic carbocycles. The molecule has 0 saturated carbocycles. The molecule has 0 aliphatic heterocycles. The number of hydrogen-bond acceptors (Lipinski definition) is 3. The summed E-state index contributed by atoms with van der Waals surface area (Å²) in [6, 6.07) is 24.0. The van der Waals surface area contributed by atoms with Crippen LogP contribution in [0.2, 0.25) is 5.02 Å². The van der Waals surface area contributed by atoms with Crippen molar-refractivity contribution in [3.05, 3.63) is 101 Å². The highest BCUT2D eigenvalue weighted by Gasteiger charge is 2.24. The second-order valence-corrected chi connectivity index (χ2v) is 5.73. The summed E-state index contributed by atoms with van der Waals surface area (Å²) in [5, 5.41) is 1.58. The molecule has 0 unspecified atom stereocenters. The van der Waals surface area contributed by atoms with Crippen LogP contribution in [0.15, 0.2) is 84.9 Å². The molecule has 0 radical (unpaired) electrons. The van der Waals surface area contributed by atoms with Crippen LogP contribution in [0.4, 0.5) is 5.69 Å². The first-order chi connectivity index (χ1) is 12.1. The number of hydrogen-bond donors (Lipinski definition) is 1. The molecule has 4 nitrogen and oxygen atoms in total. The van der Waals surface area contributed by atoms with Gasteiger partial charge < -0.3 is 0 Å². The molecule has 25 heavy (non-hydrogen) atoms. The van der Waals surface area contributed by atoms with Gasteiger partial charge in [-0.15, -0.1) is 0 Å². The molecular weight excluding hydrogens is 336 g/mol. The number of benzene rings is 3. The van der Waals surface area contributed by atoms with E-state index in [-0.39, 0.29) is 0 Å². The van der Waals surface area contributed by atoms with Crippen LogP contribution >= 0.6 is 11.6 Å². The first-order valence-corrected chi connectivity index (χ1v) is 8.04. The number of hydrazine groups is 1. The Kier molecular flexibility index (Phi) is 5.11. The normalized spacial score (nSPS) is 10.1. The molecule has 1 N–H and O–H groups in total. The van der Waals surface area contributed by atoms with Crippen molar-refractivity contribution in [2.75, 3.05) is 5.43 Å². The van der Waals surface area contributed by atoms with Crippen LogP contribution in [0.3, 0.4) is 0 Å². The minimum atomic E-state index is -0.440. The highest BCUT2D eigenvalue weighted by Crippen LogP contribution is 2.17. The maximum Gasteiger partial charge on any atom is 0.279 e. The summed E-state index contributed by atoms with van der Waals surface area (Å²) in [7, 11) is 0. The number of anilines is 1. The predicted octanol–water partition coefficient (Wildman–Crippen LogP) is 4.65. The Morgan fingerprint density at radius 1 is 0.680 bits per heavy atom. The van der Waals surface area contributed by atoms with Crippen LogP contribution in [-0.4, -0.2) is 16.8 Å². The topological polar surface area (TPSA) is 49.4 Å². The molecule has 0 atom stereocenters. The highest BCUT2D eigenvalue weighted by atomic mass is 35.5. The largest absolute Gasteiger partial charge is 0.288 e. The summed E-state index contributed by atoms with van der Waals surface area (Å²) in [6.45, 7) is 0. The van der Waals surface area contributed by atoms with Crippen molar-refractivity contribution >= 4 is 29.1 Å². The number of carbonyl (C=O) groups is 2. The van der Waals surface area contributed by atoms with Crippen molar-refractivity contribution < 1.29 is 9.59 Å². The Bertz CT molecular complexity index is 814. The predicted molar refractivity (Wildman–Crippen MR) is 98.5 cm³/mol. The van der Waals surface area contributed by atoms with Crippen LogP contribution < -0.4 is 5.43 Å². The number of carbonyl (C=O) groups excluding carboxylic acids is 2. The van der Waals surface area contributed by atoms with E-state index in [0.29, 0.717) is 21.8 Å². The lowest BCUT2D eigenvalue weighted by molar-refractivity contribution is 0.0654. The van der Waals surface area contributed by atoms with Gasteiger partial charge in [-0.05, 0) is 48.5 Å². The molecule has 3 rings (SSSR count). The van der Waals surface area contributed by atoms with Crippen LogP contribution in [0.1, 0.15) is 20.7 Å². The summed E-state index contributed by atoms with van der Waals surface area (Å²) >= 11 is 5.89. The van der Waals surface area contributed by atoms with Gasteiger partial charge in [0, 0.05) is 16.1 Å². The zero-order valence-corrected chi connectivity index (χ0v) is 14.0. The summed E-state index contributed by atoms with van der Waals surface area (Å²) in [4.78, 5) is 25.7. The molecule has 0 aliphatic carbocycles. The fourth-order valence-corrected chi connectivity index (χ4v) is 2.39. The fraction of sp³-hybridized carbons (Fsp3) is 0. The number of halogens is 1. The van der Waals surface area contributed by atoms with Gasteiger partial charge in [-0.25, -0.2) is 0 Å².